The van der Waals surface area contributed by atoms with Crippen LogP contribution in [0.3, 0.4) is 0 Å². The molecule has 0 aliphatic heterocycles. The maximum absolute atomic E-state index is 12.4. The van der Waals surface area contributed by atoms with E-state index in [4.69, 9.17) is 0 Å². The molecule has 0 heterocycles. The number of nitrogens with one attached hydrogen (secondary N) is 1. The number of methoxy groups -OCH3 is 1. The smallest absolute Gasteiger partial charge is 0.337 e. The first-order chi connectivity index (χ1) is 10.3. The number of rotatable bonds is 4. The number of sulfonamides is 1. The van der Waals surface area contributed by atoms with Crippen molar-refractivity contribution in [3.8, 4) is 0 Å². The molecule has 0 spiro atoms. The number of carbonyl (C=O) groups excluding carboxylic acids is 1. The molecule has 0 fully saturated rings. The lowest BCUT2D eigenvalue weighted by atomic mass is 10.2. The molecular weight excluding hydrogens is 370 g/mol. The SMILES string of the molecule is COC(=O)c1cccc(NS(=O)(=O)c2ccc(Br)c(C)c2)c1. The molecule has 2 aromatic carbocycles. The quantitative estimate of drug-likeness (QED) is 0.821. The van der Waals surface area contributed by atoms with Crippen LogP contribution < -0.4 is 4.72 Å². The fourth-order valence-electron chi connectivity index (χ4n) is 1.83. The summed E-state index contributed by atoms with van der Waals surface area (Å²) in [6, 6.07) is 10.9. The van der Waals surface area contributed by atoms with Crippen LogP contribution in [0.4, 0.5) is 5.69 Å². The molecule has 0 atom stereocenters. The lowest BCUT2D eigenvalue weighted by Crippen LogP contribution is -2.13. The van der Waals surface area contributed by atoms with Gasteiger partial charge in [0.2, 0.25) is 0 Å². The zero-order valence-electron chi connectivity index (χ0n) is 12.0. The molecule has 0 bridgehead atoms. The third kappa shape index (κ3) is 3.66. The predicted octanol–water partition coefficient (Wildman–Crippen LogP) is 3.34. The Bertz CT molecular complexity index is 818. The molecule has 2 rings (SSSR count). The van der Waals surface area contributed by atoms with Gasteiger partial charge in [-0.15, -0.1) is 0 Å². The molecule has 116 valence electrons. The van der Waals surface area contributed by atoms with E-state index >= 15 is 0 Å². The Kier molecular flexibility index (Phi) is 4.87. The van der Waals surface area contributed by atoms with Gasteiger partial charge in [-0.2, -0.15) is 0 Å². The van der Waals surface area contributed by atoms with Crippen LogP contribution in [-0.2, 0) is 14.8 Å². The first kappa shape index (κ1) is 16.5. The summed E-state index contributed by atoms with van der Waals surface area (Å²) in [5.41, 5.74) is 1.38. The average Bonchev–Trinajstić information content (AvgIpc) is 2.49. The molecule has 0 unspecified atom stereocenters. The van der Waals surface area contributed by atoms with Crippen molar-refractivity contribution < 1.29 is 17.9 Å². The van der Waals surface area contributed by atoms with Gasteiger partial charge in [0.1, 0.15) is 0 Å². The summed E-state index contributed by atoms with van der Waals surface area (Å²) in [6.45, 7) is 1.81. The zero-order valence-corrected chi connectivity index (χ0v) is 14.4. The standard InChI is InChI=1S/C15H14BrNO4S/c1-10-8-13(6-7-14(10)16)22(19,20)17-12-5-3-4-11(9-12)15(18)21-2/h3-9,17H,1-2H3. The van der Waals surface area contributed by atoms with Crippen LogP contribution in [0.1, 0.15) is 15.9 Å². The van der Waals surface area contributed by atoms with E-state index in [1.54, 1.807) is 37.3 Å². The topological polar surface area (TPSA) is 72.5 Å². The lowest BCUT2D eigenvalue weighted by molar-refractivity contribution is 0.0601. The molecule has 0 amide bonds. The van der Waals surface area contributed by atoms with E-state index in [2.05, 4.69) is 25.4 Å². The molecule has 0 saturated carbocycles. The molecule has 2 aromatic rings. The van der Waals surface area contributed by atoms with Gasteiger partial charge in [-0.1, -0.05) is 22.0 Å². The second kappa shape index (κ2) is 6.50. The Morgan fingerprint density at radius 2 is 1.91 bits per heavy atom. The maximum atomic E-state index is 12.4. The summed E-state index contributed by atoms with van der Waals surface area (Å²) >= 11 is 3.33. The van der Waals surface area contributed by atoms with E-state index in [0.29, 0.717) is 5.69 Å². The molecule has 22 heavy (non-hydrogen) atoms. The second-order valence-electron chi connectivity index (χ2n) is 4.59. The van der Waals surface area contributed by atoms with Gasteiger partial charge in [0, 0.05) is 10.2 Å². The highest BCUT2D eigenvalue weighted by molar-refractivity contribution is 9.10. The lowest BCUT2D eigenvalue weighted by Gasteiger charge is -2.10. The van der Waals surface area contributed by atoms with Gasteiger partial charge >= 0.3 is 5.97 Å². The summed E-state index contributed by atoms with van der Waals surface area (Å²) in [4.78, 5) is 11.6. The molecule has 7 heteroatoms. The minimum Gasteiger partial charge on any atom is -0.465 e. The largest absolute Gasteiger partial charge is 0.465 e. The number of carbonyl (C=O) groups is 1. The molecular formula is C15H14BrNO4S. The van der Waals surface area contributed by atoms with Crippen molar-refractivity contribution >= 4 is 37.6 Å². The summed E-state index contributed by atoms with van der Waals surface area (Å²) < 4.78 is 32.6. The van der Waals surface area contributed by atoms with E-state index in [1.165, 1.54) is 19.2 Å². The highest BCUT2D eigenvalue weighted by Crippen LogP contribution is 2.22. The summed E-state index contributed by atoms with van der Waals surface area (Å²) in [5.74, 6) is -0.527. The molecule has 0 aromatic heterocycles. The van der Waals surface area contributed by atoms with Gasteiger partial charge in [-0.3, -0.25) is 4.72 Å². The van der Waals surface area contributed by atoms with Gasteiger partial charge < -0.3 is 4.74 Å². The number of hydrogen-bond donors (Lipinski definition) is 1. The Morgan fingerprint density at radius 1 is 1.18 bits per heavy atom. The Labute approximate surface area is 137 Å². The molecule has 0 aliphatic rings. The van der Waals surface area contributed by atoms with Crippen molar-refractivity contribution in [1.82, 2.24) is 0 Å². The van der Waals surface area contributed by atoms with Crippen molar-refractivity contribution in [2.24, 2.45) is 0 Å². The fourth-order valence-corrected chi connectivity index (χ4v) is 3.21. The molecule has 0 aliphatic carbocycles. The number of anilines is 1. The first-order valence-electron chi connectivity index (χ1n) is 6.31. The molecule has 5 nitrogen and oxygen atoms in total. The summed E-state index contributed by atoms with van der Waals surface area (Å²) in [5, 5.41) is 0. The van der Waals surface area contributed by atoms with Gasteiger partial charge in [0.05, 0.1) is 17.6 Å². The number of benzene rings is 2. The minimum absolute atomic E-state index is 0.150. The predicted molar refractivity (Wildman–Crippen MR) is 87.5 cm³/mol. The minimum atomic E-state index is -3.72. The van der Waals surface area contributed by atoms with E-state index < -0.39 is 16.0 Å². The van der Waals surface area contributed by atoms with Crippen molar-refractivity contribution in [3.63, 3.8) is 0 Å². The van der Waals surface area contributed by atoms with Crippen molar-refractivity contribution in [2.45, 2.75) is 11.8 Å². The van der Waals surface area contributed by atoms with Gasteiger partial charge in [0.15, 0.2) is 0 Å². The Hall–Kier alpha value is -1.86. The average molecular weight is 384 g/mol. The Balaban J connectivity index is 2.32. The van der Waals surface area contributed by atoms with E-state index in [1.807, 2.05) is 0 Å². The maximum Gasteiger partial charge on any atom is 0.337 e. The number of ether oxygens (including phenoxy) is 1. The van der Waals surface area contributed by atoms with Crippen LogP contribution in [0.15, 0.2) is 51.8 Å². The van der Waals surface area contributed by atoms with Crippen LogP contribution in [0, 0.1) is 6.92 Å². The van der Waals surface area contributed by atoms with Gasteiger partial charge in [-0.25, -0.2) is 13.2 Å². The molecule has 0 saturated heterocycles. The summed E-state index contributed by atoms with van der Waals surface area (Å²) in [7, 11) is -2.46. The fraction of sp³-hybridized carbons (Fsp3) is 0.133. The number of esters is 1. The van der Waals surface area contributed by atoms with Crippen LogP contribution in [0.25, 0.3) is 0 Å². The molecule has 0 radical (unpaired) electrons. The number of aryl methyl sites for hydroxylation is 1. The van der Waals surface area contributed by atoms with Gasteiger partial charge in [-0.05, 0) is 48.9 Å². The Morgan fingerprint density at radius 3 is 2.55 bits per heavy atom. The monoisotopic (exact) mass is 383 g/mol. The van der Waals surface area contributed by atoms with Gasteiger partial charge in [0.25, 0.3) is 10.0 Å². The van der Waals surface area contributed by atoms with Crippen LogP contribution in [0.5, 0.6) is 0 Å². The van der Waals surface area contributed by atoms with E-state index in [9.17, 15) is 13.2 Å². The highest BCUT2D eigenvalue weighted by atomic mass is 79.9. The summed E-state index contributed by atoms with van der Waals surface area (Å²) in [6.07, 6.45) is 0. The van der Waals surface area contributed by atoms with E-state index in [0.717, 1.165) is 10.0 Å². The molecule has 1 N–H and O–H groups in total. The third-order valence-electron chi connectivity index (χ3n) is 2.98. The number of halogens is 1. The highest BCUT2D eigenvalue weighted by Gasteiger charge is 2.16. The van der Waals surface area contributed by atoms with Crippen molar-refractivity contribution in [3.05, 3.63) is 58.1 Å². The van der Waals surface area contributed by atoms with Crippen LogP contribution in [0.2, 0.25) is 0 Å². The van der Waals surface area contributed by atoms with Crippen molar-refractivity contribution in [1.29, 1.82) is 0 Å². The normalized spacial score (nSPS) is 11.0. The second-order valence-corrected chi connectivity index (χ2v) is 7.13. The third-order valence-corrected chi connectivity index (χ3v) is 5.24. The number of hydrogen-bond acceptors (Lipinski definition) is 4. The van der Waals surface area contributed by atoms with Crippen LogP contribution in [-0.4, -0.2) is 21.5 Å². The van der Waals surface area contributed by atoms with Crippen LogP contribution >= 0.6 is 15.9 Å². The zero-order chi connectivity index (χ0) is 16.3. The first-order valence-corrected chi connectivity index (χ1v) is 8.58. The van der Waals surface area contributed by atoms with Crippen molar-refractivity contribution in [2.75, 3.05) is 11.8 Å². The van der Waals surface area contributed by atoms with E-state index in [-0.39, 0.29) is 10.5 Å².